The third-order valence-electron chi connectivity index (χ3n) is 1.89. The van der Waals surface area contributed by atoms with Crippen LogP contribution < -0.4 is 0 Å². The summed E-state index contributed by atoms with van der Waals surface area (Å²) < 4.78 is 0. The summed E-state index contributed by atoms with van der Waals surface area (Å²) in [4.78, 5) is 2.71. The van der Waals surface area contributed by atoms with Crippen LogP contribution in [0, 0.1) is 13.8 Å². The van der Waals surface area contributed by atoms with Gasteiger partial charge >= 0.3 is 0 Å². The molecule has 0 spiro atoms. The van der Waals surface area contributed by atoms with Gasteiger partial charge in [-0.3, -0.25) is 0 Å². The van der Waals surface area contributed by atoms with Gasteiger partial charge < -0.3 is 0 Å². The average molecular weight is 177 g/mol. The Morgan fingerprint density at radius 1 is 1.31 bits per heavy atom. The van der Waals surface area contributed by atoms with Crippen molar-refractivity contribution >= 4 is 0 Å². The van der Waals surface area contributed by atoms with Gasteiger partial charge in [-0.2, -0.15) is 0 Å². The maximum absolute atomic E-state index is 8.11. The van der Waals surface area contributed by atoms with E-state index in [2.05, 4.69) is 23.9 Å². The van der Waals surface area contributed by atoms with Gasteiger partial charge in [0.05, 0.1) is 6.54 Å². The molecule has 0 radical (unpaired) electrons. The molecule has 70 valence electrons. The number of hydrogen-bond acceptors (Lipinski definition) is 1. The predicted octanol–water partition coefficient (Wildman–Crippen LogP) is 3.75. The molecule has 0 bridgehead atoms. The zero-order chi connectivity index (χ0) is 8.97. The molecule has 0 saturated heterocycles. The van der Waals surface area contributed by atoms with Crippen LogP contribution in [-0.2, 0) is 6.54 Å². The lowest BCUT2D eigenvalue weighted by Crippen LogP contribution is -1.85. The van der Waals surface area contributed by atoms with Crippen LogP contribution in [-0.4, -0.2) is 0 Å². The van der Waals surface area contributed by atoms with E-state index < -0.39 is 0 Å². The molecule has 1 rings (SSSR count). The Morgan fingerprint density at radius 2 is 2.00 bits per heavy atom. The van der Waals surface area contributed by atoms with Crippen LogP contribution in [0.25, 0.3) is 10.4 Å². The standard InChI is InChI=1S/C9H11N3.CH4/c1-7-3-4-9(5-8(7)2)6-11-12-10;/h3-5H,6H2,1-2H3;1H4. The maximum Gasteiger partial charge on any atom is 0.0510 e. The molecule has 1 aromatic rings. The lowest BCUT2D eigenvalue weighted by atomic mass is 10.1. The Balaban J connectivity index is 0.00000144. The summed E-state index contributed by atoms with van der Waals surface area (Å²) in [5, 5.41) is 3.49. The molecule has 0 N–H and O–H groups in total. The Hall–Kier alpha value is -1.47. The normalized spacial score (nSPS) is 8.46. The minimum atomic E-state index is 0. The molecule has 0 aliphatic heterocycles. The van der Waals surface area contributed by atoms with E-state index >= 15 is 0 Å². The molecular formula is C10H15N3. The first-order valence-corrected chi connectivity index (χ1v) is 3.81. The number of benzene rings is 1. The number of nitrogens with zero attached hydrogens (tertiary/aromatic N) is 3. The van der Waals surface area contributed by atoms with E-state index in [1.807, 2.05) is 18.2 Å². The molecule has 0 aliphatic carbocycles. The van der Waals surface area contributed by atoms with Crippen LogP contribution in [0.4, 0.5) is 0 Å². The van der Waals surface area contributed by atoms with E-state index in [0.29, 0.717) is 6.54 Å². The average Bonchev–Trinajstić information content (AvgIpc) is 2.07. The Kier molecular flexibility index (Phi) is 4.63. The zero-order valence-corrected chi connectivity index (χ0v) is 7.28. The van der Waals surface area contributed by atoms with Gasteiger partial charge in [-0.25, -0.2) is 0 Å². The van der Waals surface area contributed by atoms with Crippen LogP contribution in [0.5, 0.6) is 0 Å². The Bertz CT molecular complexity index is 325. The Morgan fingerprint density at radius 3 is 2.54 bits per heavy atom. The van der Waals surface area contributed by atoms with Crippen molar-refractivity contribution in [2.75, 3.05) is 0 Å². The van der Waals surface area contributed by atoms with Crippen molar-refractivity contribution in [1.29, 1.82) is 0 Å². The number of azide groups is 1. The van der Waals surface area contributed by atoms with Crippen molar-refractivity contribution in [3.63, 3.8) is 0 Å². The van der Waals surface area contributed by atoms with E-state index in [1.54, 1.807) is 0 Å². The van der Waals surface area contributed by atoms with Crippen molar-refractivity contribution in [3.8, 4) is 0 Å². The van der Waals surface area contributed by atoms with Gasteiger partial charge in [0.1, 0.15) is 0 Å². The second-order valence-corrected chi connectivity index (χ2v) is 2.81. The molecule has 0 amide bonds. The molecule has 0 atom stereocenters. The first-order chi connectivity index (χ1) is 5.74. The minimum absolute atomic E-state index is 0. The molecular weight excluding hydrogens is 162 g/mol. The van der Waals surface area contributed by atoms with E-state index in [-0.39, 0.29) is 7.43 Å². The first-order valence-electron chi connectivity index (χ1n) is 3.81. The largest absolute Gasteiger partial charge is 0.0893 e. The van der Waals surface area contributed by atoms with Gasteiger partial charge in [0.2, 0.25) is 0 Å². The smallest absolute Gasteiger partial charge is 0.0510 e. The van der Waals surface area contributed by atoms with Crippen molar-refractivity contribution in [3.05, 3.63) is 45.3 Å². The molecule has 0 fully saturated rings. The summed E-state index contributed by atoms with van der Waals surface area (Å²) in [6.07, 6.45) is 0. The van der Waals surface area contributed by atoms with Gasteiger partial charge in [-0.15, -0.1) is 0 Å². The van der Waals surface area contributed by atoms with Gasteiger partial charge in [-0.05, 0) is 36.1 Å². The number of rotatable bonds is 2. The SMILES string of the molecule is C.Cc1ccc(CN=[N+]=[N-])cc1C. The summed E-state index contributed by atoms with van der Waals surface area (Å²) >= 11 is 0. The predicted molar refractivity (Wildman–Crippen MR) is 55.5 cm³/mol. The van der Waals surface area contributed by atoms with Crippen molar-refractivity contribution in [1.82, 2.24) is 0 Å². The third-order valence-corrected chi connectivity index (χ3v) is 1.89. The van der Waals surface area contributed by atoms with Crippen LogP contribution in [0.15, 0.2) is 23.3 Å². The van der Waals surface area contributed by atoms with Crippen LogP contribution in [0.3, 0.4) is 0 Å². The first kappa shape index (κ1) is 11.5. The van der Waals surface area contributed by atoms with Gasteiger partial charge in [0.25, 0.3) is 0 Å². The lowest BCUT2D eigenvalue weighted by Gasteiger charge is -2.01. The summed E-state index contributed by atoms with van der Waals surface area (Å²) in [5.41, 5.74) is 11.7. The fourth-order valence-corrected chi connectivity index (χ4v) is 1.02. The summed E-state index contributed by atoms with van der Waals surface area (Å²) in [5.74, 6) is 0. The molecule has 3 nitrogen and oxygen atoms in total. The van der Waals surface area contributed by atoms with Gasteiger partial charge in [0, 0.05) is 4.91 Å². The Labute approximate surface area is 79.0 Å². The maximum atomic E-state index is 8.11. The fourth-order valence-electron chi connectivity index (χ4n) is 1.02. The molecule has 13 heavy (non-hydrogen) atoms. The topological polar surface area (TPSA) is 48.8 Å². The zero-order valence-electron chi connectivity index (χ0n) is 7.28. The van der Waals surface area contributed by atoms with Gasteiger partial charge in [-0.1, -0.05) is 30.7 Å². The van der Waals surface area contributed by atoms with Crippen molar-refractivity contribution in [2.45, 2.75) is 27.8 Å². The van der Waals surface area contributed by atoms with E-state index in [1.165, 1.54) is 11.1 Å². The highest BCUT2D eigenvalue weighted by molar-refractivity contribution is 5.29. The summed E-state index contributed by atoms with van der Waals surface area (Å²) in [6, 6.07) is 6.07. The number of hydrogen-bond donors (Lipinski definition) is 0. The van der Waals surface area contributed by atoms with Crippen LogP contribution in [0.1, 0.15) is 24.1 Å². The molecule has 0 unspecified atom stereocenters. The third kappa shape index (κ3) is 3.18. The fraction of sp³-hybridized carbons (Fsp3) is 0.400. The van der Waals surface area contributed by atoms with E-state index in [0.717, 1.165) is 5.56 Å². The molecule has 0 aromatic heterocycles. The monoisotopic (exact) mass is 177 g/mol. The van der Waals surface area contributed by atoms with Crippen LogP contribution in [0.2, 0.25) is 0 Å². The second kappa shape index (κ2) is 5.22. The molecule has 0 saturated carbocycles. The molecule has 1 aromatic carbocycles. The second-order valence-electron chi connectivity index (χ2n) is 2.81. The van der Waals surface area contributed by atoms with Gasteiger partial charge in [0.15, 0.2) is 0 Å². The highest BCUT2D eigenvalue weighted by Gasteiger charge is 1.93. The van der Waals surface area contributed by atoms with Crippen molar-refractivity contribution < 1.29 is 0 Å². The minimum Gasteiger partial charge on any atom is -0.0893 e. The van der Waals surface area contributed by atoms with E-state index in [9.17, 15) is 0 Å². The van der Waals surface area contributed by atoms with Crippen molar-refractivity contribution in [2.24, 2.45) is 5.11 Å². The quantitative estimate of drug-likeness (QED) is 0.375. The van der Waals surface area contributed by atoms with E-state index in [4.69, 9.17) is 5.53 Å². The lowest BCUT2D eigenvalue weighted by molar-refractivity contribution is 1.04. The molecule has 0 aliphatic rings. The number of aryl methyl sites for hydroxylation is 2. The van der Waals surface area contributed by atoms with Crippen LogP contribution >= 0.6 is 0 Å². The molecule has 3 heteroatoms. The highest BCUT2D eigenvalue weighted by Crippen LogP contribution is 2.10. The summed E-state index contributed by atoms with van der Waals surface area (Å²) in [6.45, 7) is 4.55. The summed E-state index contributed by atoms with van der Waals surface area (Å²) in [7, 11) is 0. The molecule has 0 heterocycles. The highest BCUT2D eigenvalue weighted by atomic mass is 15.1.